The molecule has 1 aliphatic heterocycles. The Morgan fingerprint density at radius 1 is 1.19 bits per heavy atom. The number of carbonyl (C=O) groups is 2. The predicted octanol–water partition coefficient (Wildman–Crippen LogP) is 3.53. The van der Waals surface area contributed by atoms with Gasteiger partial charge in [0.15, 0.2) is 0 Å². The van der Waals surface area contributed by atoms with Gasteiger partial charge in [-0.05, 0) is 31.2 Å². The number of oxime groups is 1. The van der Waals surface area contributed by atoms with E-state index in [-0.39, 0.29) is 24.2 Å². The quantitative estimate of drug-likeness (QED) is 0.580. The molecule has 6 nitrogen and oxygen atoms in total. The predicted molar refractivity (Wildman–Crippen MR) is 105 cm³/mol. The lowest BCUT2D eigenvalue weighted by Crippen LogP contribution is -2.37. The Kier molecular flexibility index (Phi) is 5.74. The Labute approximate surface area is 159 Å². The monoisotopic (exact) mass is 367 g/mol. The standard InChI is InChI=1S/C21H25N3O3/c1-4-19(25)24(17-10-8-15(3)9-11-17)14-16-13-23-12-6-7-18(23)21(16)22-27-20(26)5-2/h6-12,16H,4-5,13-14H2,1-3H3/t16-/m0/s1. The van der Waals surface area contributed by atoms with Crippen molar-refractivity contribution < 1.29 is 14.4 Å². The number of carbonyl (C=O) groups excluding carboxylic acids is 2. The maximum Gasteiger partial charge on any atom is 0.334 e. The first-order valence-corrected chi connectivity index (χ1v) is 9.33. The summed E-state index contributed by atoms with van der Waals surface area (Å²) in [6.45, 7) is 6.80. The molecular formula is C21H25N3O3. The molecule has 2 heterocycles. The van der Waals surface area contributed by atoms with E-state index in [1.165, 1.54) is 0 Å². The van der Waals surface area contributed by atoms with Crippen molar-refractivity contribution in [3.63, 3.8) is 0 Å². The highest BCUT2D eigenvalue weighted by Gasteiger charge is 2.32. The van der Waals surface area contributed by atoms with Crippen molar-refractivity contribution in [1.29, 1.82) is 0 Å². The minimum atomic E-state index is -0.369. The number of aryl methyl sites for hydroxylation is 1. The largest absolute Gasteiger partial charge is 0.346 e. The van der Waals surface area contributed by atoms with Crippen LogP contribution in [0.1, 0.15) is 37.9 Å². The van der Waals surface area contributed by atoms with Crippen LogP contribution in [-0.4, -0.2) is 28.7 Å². The molecule has 1 aromatic carbocycles. The average Bonchev–Trinajstić information content (AvgIpc) is 3.25. The molecule has 1 atom stereocenters. The van der Waals surface area contributed by atoms with Gasteiger partial charge in [-0.2, -0.15) is 0 Å². The van der Waals surface area contributed by atoms with Crippen LogP contribution in [0.2, 0.25) is 0 Å². The number of fused-ring (bicyclic) bond motifs is 1. The molecule has 2 aromatic rings. The molecule has 0 N–H and O–H groups in total. The van der Waals surface area contributed by atoms with Crippen molar-refractivity contribution >= 4 is 23.3 Å². The Morgan fingerprint density at radius 3 is 2.59 bits per heavy atom. The summed E-state index contributed by atoms with van der Waals surface area (Å²) in [5, 5.41) is 4.14. The Hall–Kier alpha value is -2.89. The molecule has 0 aliphatic carbocycles. The zero-order valence-electron chi connectivity index (χ0n) is 16.0. The number of nitrogens with zero attached hydrogens (tertiary/aromatic N) is 3. The van der Waals surface area contributed by atoms with Gasteiger partial charge < -0.3 is 14.3 Å². The Morgan fingerprint density at radius 2 is 1.93 bits per heavy atom. The van der Waals surface area contributed by atoms with Gasteiger partial charge in [-0.3, -0.25) is 4.79 Å². The molecular weight excluding hydrogens is 342 g/mol. The summed E-state index contributed by atoms with van der Waals surface area (Å²) in [6, 6.07) is 11.8. The third-order valence-electron chi connectivity index (χ3n) is 4.78. The SMILES string of the molecule is CCC(=O)ON=C1c2cccn2C[C@H]1CN(C(=O)CC)c1ccc(C)cc1. The third-order valence-corrected chi connectivity index (χ3v) is 4.78. The molecule has 3 rings (SSSR count). The maximum atomic E-state index is 12.6. The van der Waals surface area contributed by atoms with Crippen LogP contribution in [0.3, 0.4) is 0 Å². The lowest BCUT2D eigenvalue weighted by atomic mass is 10.0. The Balaban J connectivity index is 1.87. The van der Waals surface area contributed by atoms with Gasteiger partial charge in [0, 0.05) is 43.7 Å². The molecule has 0 fully saturated rings. The van der Waals surface area contributed by atoms with Gasteiger partial charge >= 0.3 is 5.97 Å². The van der Waals surface area contributed by atoms with Gasteiger partial charge in [0.1, 0.15) is 5.71 Å². The summed E-state index contributed by atoms with van der Waals surface area (Å²) in [7, 11) is 0. The number of aromatic nitrogens is 1. The fourth-order valence-corrected chi connectivity index (χ4v) is 3.26. The molecule has 1 amide bonds. The molecule has 142 valence electrons. The van der Waals surface area contributed by atoms with E-state index in [0.717, 1.165) is 16.9 Å². The van der Waals surface area contributed by atoms with E-state index in [1.807, 2.05) is 56.4 Å². The summed E-state index contributed by atoms with van der Waals surface area (Å²) in [6.07, 6.45) is 2.67. The van der Waals surface area contributed by atoms with Crippen LogP contribution < -0.4 is 4.90 Å². The summed E-state index contributed by atoms with van der Waals surface area (Å²) in [5.74, 6) is -0.353. The Bertz CT molecular complexity index is 852. The highest BCUT2D eigenvalue weighted by molar-refractivity contribution is 6.04. The fraction of sp³-hybridized carbons (Fsp3) is 0.381. The molecule has 0 saturated carbocycles. The van der Waals surface area contributed by atoms with Crippen LogP contribution in [0.5, 0.6) is 0 Å². The van der Waals surface area contributed by atoms with Gasteiger partial charge in [0.05, 0.1) is 5.69 Å². The van der Waals surface area contributed by atoms with Gasteiger partial charge in [-0.15, -0.1) is 0 Å². The van der Waals surface area contributed by atoms with Crippen molar-refractivity contribution in [2.75, 3.05) is 11.4 Å². The maximum absolute atomic E-state index is 12.6. The van der Waals surface area contributed by atoms with E-state index in [1.54, 1.807) is 11.8 Å². The normalized spacial score (nSPS) is 17.0. The molecule has 0 radical (unpaired) electrons. The summed E-state index contributed by atoms with van der Waals surface area (Å²) < 4.78 is 2.08. The number of benzene rings is 1. The highest BCUT2D eigenvalue weighted by Crippen LogP contribution is 2.26. The van der Waals surface area contributed by atoms with Crippen LogP contribution in [0.4, 0.5) is 5.69 Å². The zero-order chi connectivity index (χ0) is 19.4. The van der Waals surface area contributed by atoms with Crippen molar-refractivity contribution in [3.8, 4) is 0 Å². The van der Waals surface area contributed by atoms with Crippen LogP contribution in [-0.2, 0) is 21.0 Å². The van der Waals surface area contributed by atoms with E-state index in [2.05, 4.69) is 9.72 Å². The van der Waals surface area contributed by atoms with Gasteiger partial charge in [-0.25, -0.2) is 4.79 Å². The smallest absolute Gasteiger partial charge is 0.334 e. The van der Waals surface area contributed by atoms with Crippen molar-refractivity contribution in [3.05, 3.63) is 53.9 Å². The molecule has 0 bridgehead atoms. The topological polar surface area (TPSA) is 63.9 Å². The van der Waals surface area contributed by atoms with Gasteiger partial charge in [0.25, 0.3) is 0 Å². The van der Waals surface area contributed by atoms with Crippen LogP contribution >= 0.6 is 0 Å². The molecule has 1 aliphatic rings. The number of rotatable bonds is 6. The summed E-state index contributed by atoms with van der Waals surface area (Å²) in [4.78, 5) is 31.0. The van der Waals surface area contributed by atoms with Crippen LogP contribution in [0.15, 0.2) is 47.8 Å². The van der Waals surface area contributed by atoms with Gasteiger partial charge in [0.2, 0.25) is 5.91 Å². The number of hydrogen-bond donors (Lipinski definition) is 0. The average molecular weight is 367 g/mol. The van der Waals surface area contributed by atoms with Crippen LogP contribution in [0.25, 0.3) is 0 Å². The van der Waals surface area contributed by atoms with E-state index in [0.29, 0.717) is 25.2 Å². The zero-order valence-corrected chi connectivity index (χ0v) is 16.0. The second kappa shape index (κ2) is 8.20. The second-order valence-corrected chi connectivity index (χ2v) is 6.73. The van der Waals surface area contributed by atoms with Gasteiger partial charge in [-0.1, -0.05) is 36.7 Å². The molecule has 0 unspecified atom stereocenters. The summed E-state index contributed by atoms with van der Waals surface area (Å²) in [5.41, 5.74) is 3.65. The highest BCUT2D eigenvalue weighted by atomic mass is 16.7. The molecule has 27 heavy (non-hydrogen) atoms. The van der Waals surface area contributed by atoms with Crippen molar-refractivity contribution in [2.45, 2.75) is 40.2 Å². The first-order chi connectivity index (χ1) is 13.0. The minimum Gasteiger partial charge on any atom is -0.346 e. The van der Waals surface area contributed by atoms with Crippen LogP contribution in [0, 0.1) is 12.8 Å². The van der Waals surface area contributed by atoms with Crippen molar-refractivity contribution in [2.24, 2.45) is 11.1 Å². The van der Waals surface area contributed by atoms with E-state index < -0.39 is 0 Å². The van der Waals surface area contributed by atoms with E-state index in [4.69, 9.17) is 4.84 Å². The molecule has 0 spiro atoms. The lowest BCUT2D eigenvalue weighted by molar-refractivity contribution is -0.143. The minimum absolute atomic E-state index is 0.0392. The molecule has 1 aromatic heterocycles. The molecule has 0 saturated heterocycles. The third kappa shape index (κ3) is 4.10. The lowest BCUT2D eigenvalue weighted by Gasteiger charge is -2.25. The second-order valence-electron chi connectivity index (χ2n) is 6.73. The van der Waals surface area contributed by atoms with Crippen molar-refractivity contribution in [1.82, 2.24) is 4.57 Å². The number of hydrogen-bond acceptors (Lipinski definition) is 4. The first-order valence-electron chi connectivity index (χ1n) is 9.33. The number of amides is 1. The number of anilines is 1. The fourth-order valence-electron chi connectivity index (χ4n) is 3.26. The van der Waals surface area contributed by atoms with E-state index >= 15 is 0 Å². The first kappa shape index (κ1) is 18.9. The summed E-state index contributed by atoms with van der Waals surface area (Å²) >= 11 is 0. The molecule has 6 heteroatoms. The van der Waals surface area contributed by atoms with E-state index in [9.17, 15) is 9.59 Å².